The maximum Gasteiger partial charge on any atom is 0.490 e. The van der Waals surface area contributed by atoms with Gasteiger partial charge in [-0.1, -0.05) is 0 Å². The van der Waals surface area contributed by atoms with E-state index in [0.29, 0.717) is 0 Å². The molecule has 2 aliphatic heterocycles. The van der Waals surface area contributed by atoms with Crippen molar-refractivity contribution in [2.24, 2.45) is 0 Å². The third kappa shape index (κ3) is 7.96. The second-order valence-electron chi connectivity index (χ2n) is 8.11. The molecule has 0 radical (unpaired) electrons. The van der Waals surface area contributed by atoms with E-state index < -0.39 is 91.0 Å². The lowest BCUT2D eigenvalue weighted by Crippen LogP contribution is -2.39. The highest BCUT2D eigenvalue weighted by molar-refractivity contribution is 7.66. The topological polar surface area (TPSA) is 303 Å². The Morgan fingerprint density at radius 1 is 1.03 bits per heavy atom. The number of nitrogens with zero attached hydrogens (tertiary/aromatic N) is 1. The summed E-state index contributed by atoms with van der Waals surface area (Å²) in [7, 11) is -17.0. The number of hydrogen-bond donors (Lipinski definition) is 8. The Hall–Kier alpha value is -1.15. The zero-order chi connectivity index (χ0) is 28.6. The Labute approximate surface area is 211 Å². The molecule has 38 heavy (non-hydrogen) atoms. The van der Waals surface area contributed by atoms with Gasteiger partial charge in [0.05, 0.1) is 19.3 Å². The Morgan fingerprint density at radius 3 is 2.26 bits per heavy atom. The van der Waals surface area contributed by atoms with Crippen molar-refractivity contribution in [3.05, 3.63) is 32.6 Å². The zero-order valence-corrected chi connectivity index (χ0v) is 21.8. The predicted octanol–water partition coefficient (Wildman–Crippen LogP) is -2.70. The molecular weight excluding hydrogens is 589 g/mol. The van der Waals surface area contributed by atoms with Crippen molar-refractivity contribution >= 4 is 23.5 Å². The summed E-state index contributed by atoms with van der Waals surface area (Å²) in [5, 5.41) is 29.3. The molecule has 8 N–H and O–H groups in total. The molecule has 3 rings (SSSR count). The van der Waals surface area contributed by atoms with Crippen molar-refractivity contribution in [1.82, 2.24) is 9.55 Å². The Morgan fingerprint density at radius 2 is 1.68 bits per heavy atom. The number of aliphatic hydroxyl groups excluding tert-OH is 3. The molecule has 218 valence electrons. The Kier molecular flexibility index (Phi) is 9.71. The quantitative estimate of drug-likeness (QED) is 0.118. The highest BCUT2D eigenvalue weighted by Gasteiger charge is 2.48. The summed E-state index contributed by atoms with van der Waals surface area (Å²) in [5.74, 6) is 0. The van der Waals surface area contributed by atoms with Crippen LogP contribution in [0.15, 0.2) is 15.8 Å². The van der Waals surface area contributed by atoms with Crippen LogP contribution in [-0.2, 0) is 41.1 Å². The van der Waals surface area contributed by atoms with Gasteiger partial charge >= 0.3 is 29.2 Å². The molecule has 9 atom stereocenters. The number of phosphoric ester groups is 1. The smallest absolute Gasteiger partial charge is 0.394 e. The van der Waals surface area contributed by atoms with Gasteiger partial charge in [-0.3, -0.25) is 18.9 Å². The van der Waals surface area contributed by atoms with Crippen LogP contribution in [0.2, 0.25) is 0 Å². The summed E-state index contributed by atoms with van der Waals surface area (Å²) < 4.78 is 63.7. The maximum atomic E-state index is 12.3. The minimum Gasteiger partial charge on any atom is -0.394 e. The standard InChI is InChI=1S/C15H25N2O18P3/c1-6-3-17(15(22)16-13(6)21)10-2-7(32-14-12(20)11(19)8(4-18)33-14)9(31-10)5-30-37(26,27)35-38(28,29)34-36(23,24)25/h3,7-12,14,18-20H,2,4-5H2,1H3,(H,26,27)(H,28,29)(H,16,21,22)(H2,23,24,25)/t7-,8-,9+,10+,11-,12+,14+/m0/s1. The molecule has 20 nitrogen and oxygen atoms in total. The molecule has 1 aromatic rings. The van der Waals surface area contributed by atoms with E-state index in [1.54, 1.807) is 0 Å². The predicted molar refractivity (Wildman–Crippen MR) is 117 cm³/mol. The number of aromatic amines is 1. The highest BCUT2D eigenvalue weighted by atomic mass is 31.3. The normalized spacial score (nSPS) is 33.2. The molecule has 0 bridgehead atoms. The molecule has 1 aromatic heterocycles. The van der Waals surface area contributed by atoms with Crippen LogP contribution >= 0.6 is 23.5 Å². The summed E-state index contributed by atoms with van der Waals surface area (Å²) in [4.78, 5) is 62.3. The van der Waals surface area contributed by atoms with Crippen LogP contribution in [0.1, 0.15) is 18.2 Å². The maximum absolute atomic E-state index is 12.3. The number of ether oxygens (including phenoxy) is 3. The number of aryl methyl sites for hydroxylation is 1. The monoisotopic (exact) mass is 614 g/mol. The van der Waals surface area contributed by atoms with Crippen molar-refractivity contribution < 1.29 is 75.9 Å². The second-order valence-corrected chi connectivity index (χ2v) is 12.5. The van der Waals surface area contributed by atoms with Crippen LogP contribution in [0, 0.1) is 6.92 Å². The number of aliphatic hydroxyl groups is 3. The van der Waals surface area contributed by atoms with Crippen molar-refractivity contribution in [2.75, 3.05) is 13.2 Å². The van der Waals surface area contributed by atoms with Gasteiger partial charge < -0.3 is 49.1 Å². The molecule has 0 aliphatic carbocycles. The van der Waals surface area contributed by atoms with Crippen molar-refractivity contribution in [3.8, 4) is 0 Å². The lowest BCUT2D eigenvalue weighted by atomic mass is 10.1. The summed E-state index contributed by atoms with van der Waals surface area (Å²) in [6.07, 6.45) is -8.88. The number of nitrogens with one attached hydrogen (secondary N) is 1. The van der Waals surface area contributed by atoms with Gasteiger partial charge in [0.2, 0.25) is 0 Å². The highest BCUT2D eigenvalue weighted by Crippen LogP contribution is 2.66. The molecule has 2 aliphatic rings. The first-order chi connectivity index (χ1) is 17.4. The van der Waals surface area contributed by atoms with Gasteiger partial charge in [0.25, 0.3) is 5.56 Å². The first-order valence-electron chi connectivity index (χ1n) is 10.4. The zero-order valence-electron chi connectivity index (χ0n) is 19.2. The molecule has 0 spiro atoms. The van der Waals surface area contributed by atoms with Gasteiger partial charge in [-0.15, -0.1) is 0 Å². The largest absolute Gasteiger partial charge is 0.490 e. The lowest BCUT2D eigenvalue weighted by molar-refractivity contribution is -0.204. The Bertz CT molecular complexity index is 1260. The lowest BCUT2D eigenvalue weighted by Gasteiger charge is -2.24. The first kappa shape index (κ1) is 31.4. The van der Waals surface area contributed by atoms with Gasteiger partial charge in [-0.2, -0.15) is 8.62 Å². The third-order valence-corrected chi connectivity index (χ3v) is 9.06. The molecule has 0 aromatic carbocycles. The molecule has 0 amide bonds. The van der Waals surface area contributed by atoms with E-state index in [2.05, 4.69) is 13.1 Å². The van der Waals surface area contributed by atoms with Crippen molar-refractivity contribution in [1.29, 1.82) is 0 Å². The second kappa shape index (κ2) is 11.8. The van der Waals surface area contributed by atoms with Crippen LogP contribution in [0.25, 0.3) is 0 Å². The average Bonchev–Trinajstić information content (AvgIpc) is 3.28. The summed E-state index contributed by atoms with van der Waals surface area (Å²) in [6, 6.07) is 0. The fraction of sp³-hybridized carbons (Fsp3) is 0.733. The third-order valence-electron chi connectivity index (χ3n) is 5.26. The van der Waals surface area contributed by atoms with Crippen LogP contribution in [-0.4, -0.2) is 94.5 Å². The molecule has 2 fully saturated rings. The van der Waals surface area contributed by atoms with E-state index in [1.807, 2.05) is 4.98 Å². The first-order valence-corrected chi connectivity index (χ1v) is 15.0. The Balaban J connectivity index is 1.79. The van der Waals surface area contributed by atoms with Crippen LogP contribution in [0.5, 0.6) is 0 Å². The van der Waals surface area contributed by atoms with Gasteiger partial charge in [-0.25, -0.2) is 18.5 Å². The number of aromatic nitrogens is 2. The van der Waals surface area contributed by atoms with Crippen LogP contribution in [0.4, 0.5) is 0 Å². The number of phosphoric acid groups is 3. The number of rotatable bonds is 11. The SMILES string of the molecule is Cc1cn([C@H]2C[C@H](O[C@@H]3O[C@@H](CO)[C@H](O)[C@H]3O)[C@@H](COP(=O)(O)OP(=O)(O)OP(=O)(O)O)O2)c(=O)[nH]c1=O. The van der Waals surface area contributed by atoms with Crippen molar-refractivity contribution in [2.45, 2.75) is 56.4 Å². The molecule has 0 saturated carbocycles. The van der Waals surface area contributed by atoms with Gasteiger partial charge in [0.15, 0.2) is 6.29 Å². The number of hydrogen-bond acceptors (Lipinski definition) is 14. The van der Waals surface area contributed by atoms with E-state index >= 15 is 0 Å². The molecule has 23 heteroatoms. The number of H-pyrrole nitrogens is 1. The van der Waals surface area contributed by atoms with Crippen LogP contribution < -0.4 is 11.2 Å². The molecular formula is C15H25N2O18P3. The summed E-state index contributed by atoms with van der Waals surface area (Å²) in [5.41, 5.74) is -1.45. The van der Waals surface area contributed by atoms with E-state index in [1.165, 1.54) is 6.92 Å². The van der Waals surface area contributed by atoms with Crippen molar-refractivity contribution in [3.63, 3.8) is 0 Å². The van der Waals surface area contributed by atoms with E-state index in [9.17, 15) is 48.4 Å². The summed E-state index contributed by atoms with van der Waals surface area (Å²) >= 11 is 0. The van der Waals surface area contributed by atoms with E-state index in [4.69, 9.17) is 24.0 Å². The van der Waals surface area contributed by atoms with Gasteiger partial charge in [0.1, 0.15) is 30.6 Å². The molecule has 3 heterocycles. The molecule has 2 unspecified atom stereocenters. The van der Waals surface area contributed by atoms with Crippen LogP contribution in [0.3, 0.4) is 0 Å². The van der Waals surface area contributed by atoms with E-state index in [0.717, 1.165) is 10.8 Å². The van der Waals surface area contributed by atoms with Gasteiger partial charge in [0, 0.05) is 18.2 Å². The summed E-state index contributed by atoms with van der Waals surface area (Å²) in [6.45, 7) is -0.260. The van der Waals surface area contributed by atoms with E-state index in [-0.39, 0.29) is 12.0 Å². The fourth-order valence-corrected chi connectivity index (χ4v) is 6.62. The average molecular weight is 614 g/mol. The van der Waals surface area contributed by atoms with Gasteiger partial charge in [-0.05, 0) is 6.92 Å². The minimum atomic E-state index is -5.80. The fourth-order valence-electron chi connectivity index (χ4n) is 3.59. The minimum absolute atomic E-state index is 0.117. The molecule has 2 saturated heterocycles.